The van der Waals surface area contributed by atoms with Gasteiger partial charge in [-0.15, -0.1) is 10.2 Å². The smallest absolute Gasteiger partial charge is 0.223 e. The second-order valence-electron chi connectivity index (χ2n) is 2.44. The van der Waals surface area contributed by atoms with Gasteiger partial charge in [-0.2, -0.15) is 0 Å². The maximum absolute atomic E-state index is 3.93. The molecule has 0 aliphatic rings. The summed E-state index contributed by atoms with van der Waals surface area (Å²) in [4.78, 5) is 0. The number of hydrogen-bond acceptors (Lipinski definition) is 2. The molecule has 0 N–H and O–H groups in total. The molecule has 0 unspecified atom stereocenters. The Kier molecular flexibility index (Phi) is 1.66. The Morgan fingerprint density at radius 1 is 1.42 bits per heavy atom. The zero-order chi connectivity index (χ0) is 8.39. The summed E-state index contributed by atoms with van der Waals surface area (Å²) in [5.41, 5.74) is 0. The second kappa shape index (κ2) is 2.81. The van der Waals surface area contributed by atoms with Crippen LogP contribution < -0.4 is 0 Å². The van der Waals surface area contributed by atoms with Crippen molar-refractivity contribution in [2.75, 3.05) is 0 Å². The summed E-state index contributed by atoms with van der Waals surface area (Å²) in [6.45, 7) is 2.04. The molecule has 0 aliphatic carbocycles. The molecule has 4 heteroatoms. The third kappa shape index (κ3) is 1.01. The minimum Gasteiger partial charge on any atom is -0.261 e. The van der Waals surface area contributed by atoms with Crippen molar-refractivity contribution in [2.45, 2.75) is 13.3 Å². The maximum atomic E-state index is 3.93. The Hall–Kier alpha value is -1.58. The van der Waals surface area contributed by atoms with Crippen LogP contribution in [0.4, 0.5) is 0 Å². The lowest BCUT2D eigenvalue weighted by Gasteiger charge is -2.03. The Morgan fingerprint density at radius 3 is 2.83 bits per heavy atom. The van der Waals surface area contributed by atoms with Crippen LogP contribution in [0.15, 0.2) is 24.5 Å². The van der Waals surface area contributed by atoms with Crippen molar-refractivity contribution in [1.29, 1.82) is 0 Å². The van der Waals surface area contributed by atoms with Crippen molar-refractivity contribution in [3.63, 3.8) is 0 Å². The first-order valence-electron chi connectivity index (χ1n) is 3.87. The summed E-state index contributed by atoms with van der Waals surface area (Å²) in [5.74, 6) is 0.909. The molecule has 0 aromatic carbocycles. The average Bonchev–Trinajstić information content (AvgIpc) is 2.74. The molecule has 0 amide bonds. The summed E-state index contributed by atoms with van der Waals surface area (Å²) < 4.78 is 3.68. The molecule has 4 nitrogen and oxygen atoms in total. The number of rotatable bonds is 2. The minimum atomic E-state index is 0.856. The van der Waals surface area contributed by atoms with E-state index in [4.69, 9.17) is 0 Å². The van der Waals surface area contributed by atoms with Gasteiger partial charge in [0.05, 0.1) is 0 Å². The van der Waals surface area contributed by atoms with Crippen LogP contribution in [0.1, 0.15) is 12.7 Å². The van der Waals surface area contributed by atoms with E-state index in [1.165, 1.54) is 0 Å². The summed E-state index contributed by atoms with van der Waals surface area (Å²) in [7, 11) is 0. The first kappa shape index (κ1) is 7.09. The number of nitrogens with zero attached hydrogens (tertiary/aromatic N) is 4. The van der Waals surface area contributed by atoms with Crippen LogP contribution in [0.2, 0.25) is 0 Å². The molecule has 0 saturated carbocycles. The molecule has 0 spiro atoms. The van der Waals surface area contributed by atoms with Crippen LogP contribution in [0.3, 0.4) is 0 Å². The van der Waals surface area contributed by atoms with Crippen LogP contribution in [0.5, 0.6) is 0 Å². The van der Waals surface area contributed by atoms with E-state index < -0.39 is 0 Å². The van der Waals surface area contributed by atoms with E-state index >= 15 is 0 Å². The summed E-state index contributed by atoms with van der Waals surface area (Å²) in [5, 5.41) is 7.64. The van der Waals surface area contributed by atoms with Crippen LogP contribution in [0.25, 0.3) is 0 Å². The lowest BCUT2D eigenvalue weighted by Crippen LogP contribution is -2.09. The fourth-order valence-electron chi connectivity index (χ4n) is 1.09. The molecular formula is C8H9N4. The monoisotopic (exact) mass is 161 g/mol. The predicted octanol–water partition coefficient (Wildman–Crippen LogP) is 0.754. The van der Waals surface area contributed by atoms with Crippen molar-refractivity contribution < 1.29 is 0 Å². The van der Waals surface area contributed by atoms with Crippen LogP contribution in [0, 0.1) is 6.33 Å². The fraction of sp³-hybridized carbons (Fsp3) is 0.250. The highest BCUT2D eigenvalue weighted by Crippen LogP contribution is 1.97. The molecule has 2 rings (SSSR count). The maximum Gasteiger partial charge on any atom is 0.223 e. The molecule has 0 aliphatic heterocycles. The van der Waals surface area contributed by atoms with Crippen molar-refractivity contribution in [3.8, 4) is 0 Å². The highest BCUT2D eigenvalue weighted by Gasteiger charge is 2.01. The van der Waals surface area contributed by atoms with Gasteiger partial charge in [0.15, 0.2) is 5.82 Å². The van der Waals surface area contributed by atoms with Crippen molar-refractivity contribution in [3.05, 3.63) is 36.7 Å². The Bertz CT molecular complexity index is 347. The molecule has 0 fully saturated rings. The highest BCUT2D eigenvalue weighted by molar-refractivity contribution is 4.94. The van der Waals surface area contributed by atoms with Gasteiger partial charge in [0.2, 0.25) is 6.33 Å². The van der Waals surface area contributed by atoms with Crippen LogP contribution in [-0.2, 0) is 6.42 Å². The third-order valence-corrected chi connectivity index (χ3v) is 1.69. The Labute approximate surface area is 70.4 Å². The highest BCUT2D eigenvalue weighted by atomic mass is 15.5. The van der Waals surface area contributed by atoms with Crippen molar-refractivity contribution in [2.24, 2.45) is 0 Å². The Morgan fingerprint density at radius 2 is 2.17 bits per heavy atom. The minimum absolute atomic E-state index is 0.856. The van der Waals surface area contributed by atoms with E-state index in [-0.39, 0.29) is 0 Å². The molecule has 61 valence electrons. The number of hydrogen-bond donors (Lipinski definition) is 0. The van der Waals surface area contributed by atoms with E-state index in [1.54, 1.807) is 4.68 Å². The first-order chi connectivity index (χ1) is 5.92. The van der Waals surface area contributed by atoms with Gasteiger partial charge in [-0.05, 0) is 12.1 Å². The molecule has 2 aromatic rings. The first-order valence-corrected chi connectivity index (χ1v) is 3.87. The number of aromatic nitrogens is 4. The third-order valence-electron chi connectivity index (χ3n) is 1.69. The standard InChI is InChI=1S/C8H9N4/c1-2-8-10-9-7-12(8)11-5-3-4-6-11/h3-6H,2H2,1H3. The molecule has 0 bridgehead atoms. The summed E-state index contributed by atoms with van der Waals surface area (Å²) in [6, 6.07) is 3.90. The molecule has 0 saturated heterocycles. The average molecular weight is 161 g/mol. The lowest BCUT2D eigenvalue weighted by atomic mass is 10.5. The van der Waals surface area contributed by atoms with Gasteiger partial charge in [0.25, 0.3) is 0 Å². The van der Waals surface area contributed by atoms with Gasteiger partial charge in [-0.1, -0.05) is 6.92 Å². The van der Waals surface area contributed by atoms with E-state index in [9.17, 15) is 0 Å². The SMILES string of the molecule is CCc1nn[c]n1-n1cccc1. The number of aryl methyl sites for hydroxylation is 1. The molecule has 0 atom stereocenters. The lowest BCUT2D eigenvalue weighted by molar-refractivity contribution is 0.618. The second-order valence-corrected chi connectivity index (χ2v) is 2.44. The summed E-state index contributed by atoms with van der Waals surface area (Å²) >= 11 is 0. The summed E-state index contributed by atoms with van der Waals surface area (Å²) in [6.07, 6.45) is 7.49. The fourth-order valence-corrected chi connectivity index (χ4v) is 1.09. The zero-order valence-corrected chi connectivity index (χ0v) is 6.81. The molecule has 12 heavy (non-hydrogen) atoms. The van der Waals surface area contributed by atoms with Gasteiger partial charge < -0.3 is 0 Å². The van der Waals surface area contributed by atoms with E-state index in [2.05, 4.69) is 16.5 Å². The van der Waals surface area contributed by atoms with Gasteiger partial charge in [0.1, 0.15) is 0 Å². The van der Waals surface area contributed by atoms with E-state index in [1.807, 2.05) is 36.1 Å². The van der Waals surface area contributed by atoms with E-state index in [0.717, 1.165) is 12.2 Å². The zero-order valence-electron chi connectivity index (χ0n) is 6.81. The van der Waals surface area contributed by atoms with Gasteiger partial charge in [-0.25, -0.2) is 4.68 Å². The molecule has 2 heterocycles. The van der Waals surface area contributed by atoms with Crippen molar-refractivity contribution in [1.82, 2.24) is 19.5 Å². The molecule has 2 aromatic heterocycles. The topological polar surface area (TPSA) is 35.6 Å². The van der Waals surface area contributed by atoms with Crippen LogP contribution in [-0.4, -0.2) is 19.5 Å². The predicted molar refractivity (Wildman–Crippen MR) is 43.5 cm³/mol. The quantitative estimate of drug-likeness (QED) is 0.651. The van der Waals surface area contributed by atoms with Gasteiger partial charge in [-0.3, -0.25) is 4.68 Å². The molecule has 1 radical (unpaired) electrons. The van der Waals surface area contributed by atoms with E-state index in [0.29, 0.717) is 0 Å². The van der Waals surface area contributed by atoms with Gasteiger partial charge in [0, 0.05) is 18.8 Å². The van der Waals surface area contributed by atoms with Gasteiger partial charge >= 0.3 is 0 Å². The normalized spacial score (nSPS) is 10.4. The largest absolute Gasteiger partial charge is 0.261 e. The van der Waals surface area contributed by atoms with Crippen LogP contribution >= 0.6 is 0 Å². The van der Waals surface area contributed by atoms with Crippen molar-refractivity contribution >= 4 is 0 Å². The molecular weight excluding hydrogens is 152 g/mol. The Balaban J connectivity index is 2.46.